The monoisotopic (exact) mass is 224 g/mol. The van der Waals surface area contributed by atoms with Crippen molar-refractivity contribution in [2.75, 3.05) is 0 Å². The lowest BCUT2D eigenvalue weighted by Crippen LogP contribution is -2.01. The highest BCUT2D eigenvalue weighted by Crippen LogP contribution is 2.09. The first kappa shape index (κ1) is 11.6. The normalized spacial score (nSPS) is 10.2. The summed E-state index contributed by atoms with van der Waals surface area (Å²) in [5.41, 5.74) is 3.21. The second-order valence-electron chi connectivity index (χ2n) is 4.27. The van der Waals surface area contributed by atoms with E-state index in [1.165, 1.54) is 11.1 Å². The lowest BCUT2D eigenvalue weighted by Gasteiger charge is -2.02. The first-order chi connectivity index (χ1) is 8.25. The van der Waals surface area contributed by atoms with Crippen molar-refractivity contribution in [1.82, 2.24) is 0 Å². The highest BCUT2D eigenvalue weighted by atomic mass is 16.1. The van der Waals surface area contributed by atoms with Gasteiger partial charge in [-0.25, -0.2) is 0 Å². The largest absolute Gasteiger partial charge is 0.294 e. The summed E-state index contributed by atoms with van der Waals surface area (Å²) >= 11 is 0. The van der Waals surface area contributed by atoms with Crippen LogP contribution in [0.4, 0.5) is 0 Å². The first-order valence-electron chi connectivity index (χ1n) is 5.89. The van der Waals surface area contributed by atoms with Crippen molar-refractivity contribution in [1.29, 1.82) is 0 Å². The van der Waals surface area contributed by atoms with Gasteiger partial charge in [-0.2, -0.15) is 0 Å². The van der Waals surface area contributed by atoms with E-state index in [9.17, 15) is 4.79 Å². The maximum absolute atomic E-state index is 11.9. The molecule has 0 aliphatic carbocycles. The van der Waals surface area contributed by atoms with Gasteiger partial charge in [0, 0.05) is 12.0 Å². The first-order valence-corrected chi connectivity index (χ1v) is 5.89. The number of hydrogen-bond donors (Lipinski definition) is 0. The molecule has 2 aromatic rings. The van der Waals surface area contributed by atoms with Crippen molar-refractivity contribution in [3.05, 3.63) is 71.3 Å². The lowest BCUT2D eigenvalue weighted by molar-refractivity contribution is 0.0983. The average Bonchev–Trinajstić information content (AvgIpc) is 2.38. The Balaban J connectivity index is 1.96. The summed E-state index contributed by atoms with van der Waals surface area (Å²) < 4.78 is 0. The average molecular weight is 224 g/mol. The van der Waals surface area contributed by atoms with Crippen LogP contribution < -0.4 is 0 Å². The van der Waals surface area contributed by atoms with E-state index in [-0.39, 0.29) is 5.78 Å². The van der Waals surface area contributed by atoms with Crippen LogP contribution in [0.1, 0.15) is 27.9 Å². The molecular weight excluding hydrogens is 208 g/mol. The Kier molecular flexibility index (Phi) is 3.71. The molecule has 2 aromatic carbocycles. The number of aryl methyl sites for hydroxylation is 2. The Hall–Kier alpha value is -1.89. The molecule has 0 spiro atoms. The summed E-state index contributed by atoms with van der Waals surface area (Å²) in [4.78, 5) is 11.9. The minimum Gasteiger partial charge on any atom is -0.294 e. The number of ketones is 1. The van der Waals surface area contributed by atoms with Crippen molar-refractivity contribution in [3.8, 4) is 0 Å². The molecule has 0 radical (unpaired) electrons. The van der Waals surface area contributed by atoms with Crippen LogP contribution in [-0.2, 0) is 6.42 Å². The predicted octanol–water partition coefficient (Wildman–Crippen LogP) is 3.81. The molecule has 0 N–H and O–H groups in total. The van der Waals surface area contributed by atoms with E-state index in [1.807, 2.05) is 49.4 Å². The van der Waals surface area contributed by atoms with Crippen molar-refractivity contribution < 1.29 is 4.79 Å². The van der Waals surface area contributed by atoms with Gasteiger partial charge >= 0.3 is 0 Å². The summed E-state index contributed by atoms with van der Waals surface area (Å²) in [6.07, 6.45) is 1.39. The third-order valence-corrected chi connectivity index (χ3v) is 2.86. The zero-order valence-corrected chi connectivity index (χ0v) is 10.0. The van der Waals surface area contributed by atoms with E-state index in [4.69, 9.17) is 0 Å². The SMILES string of the molecule is Cc1ccc(C(=O)CCc2ccccc2)cc1. The maximum Gasteiger partial charge on any atom is 0.163 e. The summed E-state index contributed by atoms with van der Waals surface area (Å²) in [7, 11) is 0. The zero-order valence-electron chi connectivity index (χ0n) is 10.0. The number of carbonyl (C=O) groups is 1. The number of Topliss-reactive ketones (excluding diaryl/α,β-unsaturated/α-hetero) is 1. The summed E-state index contributed by atoms with van der Waals surface area (Å²) in [5.74, 6) is 0.217. The van der Waals surface area contributed by atoms with Gasteiger partial charge in [0.2, 0.25) is 0 Å². The van der Waals surface area contributed by atoms with Crippen LogP contribution in [-0.4, -0.2) is 5.78 Å². The fourth-order valence-electron chi connectivity index (χ4n) is 1.79. The molecule has 17 heavy (non-hydrogen) atoms. The number of benzene rings is 2. The second kappa shape index (κ2) is 5.44. The molecule has 0 heterocycles. The Morgan fingerprint density at radius 3 is 2.24 bits per heavy atom. The highest BCUT2D eigenvalue weighted by Gasteiger charge is 2.05. The Morgan fingerprint density at radius 2 is 1.59 bits per heavy atom. The molecule has 86 valence electrons. The van der Waals surface area contributed by atoms with E-state index in [0.717, 1.165) is 12.0 Å². The van der Waals surface area contributed by atoms with Crippen LogP contribution in [0, 0.1) is 6.92 Å². The fraction of sp³-hybridized carbons (Fsp3) is 0.188. The van der Waals surface area contributed by atoms with Crippen molar-refractivity contribution in [2.24, 2.45) is 0 Å². The van der Waals surface area contributed by atoms with Crippen LogP contribution >= 0.6 is 0 Å². The van der Waals surface area contributed by atoms with E-state index in [1.54, 1.807) is 0 Å². The van der Waals surface area contributed by atoms with E-state index < -0.39 is 0 Å². The fourth-order valence-corrected chi connectivity index (χ4v) is 1.79. The zero-order chi connectivity index (χ0) is 12.1. The number of rotatable bonds is 4. The molecule has 0 fully saturated rings. The molecule has 1 heteroatoms. The van der Waals surface area contributed by atoms with Crippen LogP contribution in [0.5, 0.6) is 0 Å². The molecular formula is C16H16O. The Morgan fingerprint density at radius 1 is 0.941 bits per heavy atom. The van der Waals surface area contributed by atoms with Crippen molar-refractivity contribution >= 4 is 5.78 Å². The molecule has 0 saturated heterocycles. The Labute approximate surface area is 102 Å². The van der Waals surface area contributed by atoms with Gasteiger partial charge in [-0.15, -0.1) is 0 Å². The molecule has 2 rings (SSSR count). The Bertz CT molecular complexity index is 483. The van der Waals surface area contributed by atoms with E-state index in [0.29, 0.717) is 6.42 Å². The van der Waals surface area contributed by atoms with Gasteiger partial charge in [-0.05, 0) is 18.9 Å². The quantitative estimate of drug-likeness (QED) is 0.722. The number of carbonyl (C=O) groups excluding carboxylic acids is 1. The summed E-state index contributed by atoms with van der Waals surface area (Å²) in [6, 6.07) is 17.9. The highest BCUT2D eigenvalue weighted by molar-refractivity contribution is 5.96. The molecule has 0 atom stereocenters. The summed E-state index contributed by atoms with van der Waals surface area (Å²) in [5, 5.41) is 0. The third-order valence-electron chi connectivity index (χ3n) is 2.86. The second-order valence-corrected chi connectivity index (χ2v) is 4.27. The molecule has 0 unspecified atom stereocenters. The van der Waals surface area contributed by atoms with E-state index >= 15 is 0 Å². The van der Waals surface area contributed by atoms with Crippen LogP contribution in [0.2, 0.25) is 0 Å². The van der Waals surface area contributed by atoms with Crippen LogP contribution in [0.15, 0.2) is 54.6 Å². The molecule has 0 aromatic heterocycles. The van der Waals surface area contributed by atoms with Gasteiger partial charge in [-0.1, -0.05) is 60.2 Å². The van der Waals surface area contributed by atoms with Gasteiger partial charge in [0.25, 0.3) is 0 Å². The minimum atomic E-state index is 0.217. The summed E-state index contributed by atoms with van der Waals surface area (Å²) in [6.45, 7) is 2.03. The topological polar surface area (TPSA) is 17.1 Å². The van der Waals surface area contributed by atoms with Gasteiger partial charge in [0.15, 0.2) is 5.78 Å². The van der Waals surface area contributed by atoms with Gasteiger partial charge < -0.3 is 0 Å². The van der Waals surface area contributed by atoms with Crippen LogP contribution in [0.25, 0.3) is 0 Å². The van der Waals surface area contributed by atoms with Crippen LogP contribution in [0.3, 0.4) is 0 Å². The third kappa shape index (κ3) is 3.28. The van der Waals surface area contributed by atoms with Gasteiger partial charge in [-0.3, -0.25) is 4.79 Å². The lowest BCUT2D eigenvalue weighted by atomic mass is 10.0. The molecule has 0 saturated carbocycles. The van der Waals surface area contributed by atoms with Gasteiger partial charge in [0.05, 0.1) is 0 Å². The predicted molar refractivity (Wildman–Crippen MR) is 70.3 cm³/mol. The van der Waals surface area contributed by atoms with Gasteiger partial charge in [0.1, 0.15) is 0 Å². The molecule has 0 bridgehead atoms. The minimum absolute atomic E-state index is 0.217. The smallest absolute Gasteiger partial charge is 0.163 e. The molecule has 0 amide bonds. The maximum atomic E-state index is 11.9. The molecule has 0 aliphatic heterocycles. The van der Waals surface area contributed by atoms with Crippen molar-refractivity contribution in [2.45, 2.75) is 19.8 Å². The van der Waals surface area contributed by atoms with Crippen molar-refractivity contribution in [3.63, 3.8) is 0 Å². The van der Waals surface area contributed by atoms with E-state index in [2.05, 4.69) is 12.1 Å². The standard InChI is InChI=1S/C16H16O/c1-13-7-10-15(11-8-13)16(17)12-9-14-5-3-2-4-6-14/h2-8,10-11H,9,12H2,1H3. The number of hydrogen-bond acceptors (Lipinski definition) is 1. The molecule has 1 nitrogen and oxygen atoms in total. The molecule has 0 aliphatic rings.